The van der Waals surface area contributed by atoms with E-state index in [2.05, 4.69) is 15.6 Å². The highest BCUT2D eigenvalue weighted by Gasteiger charge is 2.29. The molecule has 1 aliphatic heterocycles. The lowest BCUT2D eigenvalue weighted by Crippen LogP contribution is -2.39. The molecule has 0 fully saturated rings. The van der Waals surface area contributed by atoms with Crippen molar-refractivity contribution in [1.82, 2.24) is 19.0 Å². The Hall–Kier alpha value is -2.56. The first-order chi connectivity index (χ1) is 10.7. The lowest BCUT2D eigenvalue weighted by atomic mass is 10.0. The van der Waals surface area contributed by atoms with Crippen LogP contribution in [-0.4, -0.2) is 31.5 Å². The van der Waals surface area contributed by atoms with Gasteiger partial charge in [-0.3, -0.25) is 4.79 Å². The molecule has 1 amide bonds. The van der Waals surface area contributed by atoms with Gasteiger partial charge in [0, 0.05) is 48.5 Å². The maximum atomic E-state index is 13.0. The third-order valence-corrected chi connectivity index (χ3v) is 4.59. The van der Waals surface area contributed by atoms with Gasteiger partial charge in [-0.05, 0) is 13.0 Å². The number of nitrogens with zero attached hydrogens (tertiary/aromatic N) is 4. The topological polar surface area (TPSA) is 43.1 Å². The third-order valence-electron chi connectivity index (χ3n) is 4.59. The molecule has 22 heavy (non-hydrogen) atoms. The van der Waals surface area contributed by atoms with Crippen molar-refractivity contribution in [2.75, 3.05) is 6.54 Å². The van der Waals surface area contributed by atoms with Gasteiger partial charge in [0.15, 0.2) is 0 Å². The Labute approximate surface area is 128 Å². The van der Waals surface area contributed by atoms with Crippen LogP contribution in [0.3, 0.4) is 0 Å². The zero-order valence-electron chi connectivity index (χ0n) is 12.8. The average molecular weight is 294 g/mol. The van der Waals surface area contributed by atoms with Crippen LogP contribution in [0.2, 0.25) is 0 Å². The Balaban J connectivity index is 1.77. The molecule has 1 aromatic carbocycles. The van der Waals surface area contributed by atoms with Crippen LogP contribution in [-0.2, 0) is 20.1 Å². The summed E-state index contributed by atoms with van der Waals surface area (Å²) in [5.41, 5.74) is 4.20. The summed E-state index contributed by atoms with van der Waals surface area (Å²) >= 11 is 0. The number of aromatic nitrogens is 3. The minimum atomic E-state index is 0.117. The fourth-order valence-electron chi connectivity index (χ4n) is 3.33. The van der Waals surface area contributed by atoms with E-state index in [1.54, 1.807) is 6.33 Å². The molecular formula is C17H18N4O. The predicted octanol–water partition coefficient (Wildman–Crippen LogP) is 2.34. The van der Waals surface area contributed by atoms with E-state index in [0.29, 0.717) is 6.67 Å². The maximum Gasteiger partial charge on any atom is 0.257 e. The van der Waals surface area contributed by atoms with Gasteiger partial charge in [0.1, 0.15) is 0 Å². The number of hydrogen-bond donors (Lipinski definition) is 0. The van der Waals surface area contributed by atoms with E-state index in [4.69, 9.17) is 0 Å². The SMILES string of the molecule is Cc1cncn1CN1CCc2c(c3ccccc3n2C)C1=O. The first kappa shape index (κ1) is 13.1. The summed E-state index contributed by atoms with van der Waals surface area (Å²) in [6.07, 6.45) is 4.49. The quantitative estimate of drug-likeness (QED) is 0.728. The molecule has 2 aromatic heterocycles. The van der Waals surface area contributed by atoms with Crippen molar-refractivity contribution in [1.29, 1.82) is 0 Å². The molecule has 0 aliphatic carbocycles. The molecule has 0 saturated heterocycles. The number of fused-ring (bicyclic) bond motifs is 3. The number of aryl methyl sites for hydroxylation is 2. The normalized spacial score (nSPS) is 14.6. The van der Waals surface area contributed by atoms with E-state index in [1.807, 2.05) is 47.8 Å². The van der Waals surface area contributed by atoms with E-state index >= 15 is 0 Å². The Kier molecular flexibility index (Phi) is 2.82. The van der Waals surface area contributed by atoms with Gasteiger partial charge in [-0.15, -0.1) is 0 Å². The maximum absolute atomic E-state index is 13.0. The number of rotatable bonds is 2. The van der Waals surface area contributed by atoms with Gasteiger partial charge in [-0.25, -0.2) is 4.98 Å². The van der Waals surface area contributed by atoms with Gasteiger partial charge in [0.05, 0.1) is 18.6 Å². The molecule has 0 bridgehead atoms. The summed E-state index contributed by atoms with van der Waals surface area (Å²) < 4.78 is 4.16. The Morgan fingerprint density at radius 1 is 1.27 bits per heavy atom. The van der Waals surface area contributed by atoms with E-state index in [9.17, 15) is 4.79 Å². The summed E-state index contributed by atoms with van der Waals surface area (Å²) in [7, 11) is 2.05. The Morgan fingerprint density at radius 2 is 2.09 bits per heavy atom. The second kappa shape index (κ2) is 4.73. The number of hydrogen-bond acceptors (Lipinski definition) is 2. The second-order valence-electron chi connectivity index (χ2n) is 5.86. The van der Waals surface area contributed by atoms with Gasteiger partial charge in [-0.1, -0.05) is 18.2 Å². The van der Waals surface area contributed by atoms with Crippen LogP contribution in [0.15, 0.2) is 36.8 Å². The summed E-state index contributed by atoms with van der Waals surface area (Å²) in [6, 6.07) is 8.13. The summed E-state index contributed by atoms with van der Waals surface area (Å²) in [5, 5.41) is 1.05. The van der Waals surface area contributed by atoms with Gasteiger partial charge in [-0.2, -0.15) is 0 Å². The highest BCUT2D eigenvalue weighted by Crippen LogP contribution is 2.30. The number of carbonyl (C=O) groups is 1. The lowest BCUT2D eigenvalue weighted by molar-refractivity contribution is 0.0684. The molecule has 0 radical (unpaired) electrons. The van der Waals surface area contributed by atoms with Crippen LogP contribution >= 0.6 is 0 Å². The summed E-state index contributed by atoms with van der Waals surface area (Å²) in [6.45, 7) is 3.31. The molecule has 0 unspecified atom stereocenters. The molecule has 0 N–H and O–H groups in total. The third kappa shape index (κ3) is 1.78. The highest BCUT2D eigenvalue weighted by molar-refractivity contribution is 6.09. The molecule has 0 spiro atoms. The van der Waals surface area contributed by atoms with Gasteiger partial charge in [0.25, 0.3) is 5.91 Å². The Morgan fingerprint density at radius 3 is 2.86 bits per heavy atom. The summed E-state index contributed by atoms with van der Waals surface area (Å²) in [4.78, 5) is 19.0. The molecule has 112 valence electrons. The molecule has 4 rings (SSSR count). The lowest BCUT2D eigenvalue weighted by Gasteiger charge is -2.28. The van der Waals surface area contributed by atoms with Crippen LogP contribution < -0.4 is 0 Å². The van der Waals surface area contributed by atoms with Crippen LogP contribution in [0, 0.1) is 6.92 Å². The first-order valence-corrected chi connectivity index (χ1v) is 7.49. The largest absolute Gasteiger partial charge is 0.347 e. The van der Waals surface area contributed by atoms with Crippen molar-refractivity contribution in [2.45, 2.75) is 20.0 Å². The zero-order chi connectivity index (χ0) is 15.3. The van der Waals surface area contributed by atoms with Gasteiger partial charge < -0.3 is 14.0 Å². The van der Waals surface area contributed by atoms with Crippen molar-refractivity contribution < 1.29 is 4.79 Å². The molecule has 0 saturated carbocycles. The number of carbonyl (C=O) groups excluding carboxylic acids is 1. The summed E-state index contributed by atoms with van der Waals surface area (Å²) in [5.74, 6) is 0.117. The van der Waals surface area contributed by atoms with E-state index in [1.165, 1.54) is 0 Å². The molecule has 5 nitrogen and oxygen atoms in total. The first-order valence-electron chi connectivity index (χ1n) is 7.49. The minimum absolute atomic E-state index is 0.117. The molecule has 5 heteroatoms. The van der Waals surface area contributed by atoms with Crippen molar-refractivity contribution >= 4 is 16.8 Å². The number of para-hydroxylation sites is 1. The van der Waals surface area contributed by atoms with E-state index < -0.39 is 0 Å². The van der Waals surface area contributed by atoms with Crippen molar-refractivity contribution in [3.05, 3.63) is 53.7 Å². The van der Waals surface area contributed by atoms with E-state index in [-0.39, 0.29) is 5.91 Å². The molecule has 3 aromatic rings. The average Bonchev–Trinajstić information content (AvgIpc) is 3.05. The van der Waals surface area contributed by atoms with Crippen LogP contribution in [0.4, 0.5) is 0 Å². The van der Waals surface area contributed by atoms with Crippen molar-refractivity contribution in [3.8, 4) is 0 Å². The van der Waals surface area contributed by atoms with Crippen molar-refractivity contribution in [2.24, 2.45) is 7.05 Å². The zero-order valence-corrected chi connectivity index (χ0v) is 12.8. The minimum Gasteiger partial charge on any atom is -0.347 e. The van der Waals surface area contributed by atoms with Crippen LogP contribution in [0.25, 0.3) is 10.9 Å². The van der Waals surface area contributed by atoms with Crippen LogP contribution in [0.5, 0.6) is 0 Å². The number of amides is 1. The molecular weight excluding hydrogens is 276 g/mol. The van der Waals surface area contributed by atoms with Crippen molar-refractivity contribution in [3.63, 3.8) is 0 Å². The fourth-order valence-corrected chi connectivity index (χ4v) is 3.33. The van der Waals surface area contributed by atoms with Gasteiger partial charge in [0.2, 0.25) is 0 Å². The fraction of sp³-hybridized carbons (Fsp3) is 0.294. The predicted molar refractivity (Wildman–Crippen MR) is 84.6 cm³/mol. The monoisotopic (exact) mass is 294 g/mol. The van der Waals surface area contributed by atoms with Crippen LogP contribution in [0.1, 0.15) is 21.7 Å². The van der Waals surface area contributed by atoms with Gasteiger partial charge >= 0.3 is 0 Å². The molecule has 0 atom stereocenters. The number of imidazole rings is 1. The Bertz CT molecular complexity index is 874. The second-order valence-corrected chi connectivity index (χ2v) is 5.86. The molecule has 1 aliphatic rings. The molecule has 3 heterocycles. The smallest absolute Gasteiger partial charge is 0.257 e. The number of benzene rings is 1. The van der Waals surface area contributed by atoms with E-state index in [0.717, 1.165) is 40.8 Å². The highest BCUT2D eigenvalue weighted by atomic mass is 16.2. The standard InChI is InChI=1S/C17H18N4O/c1-12-9-18-10-21(12)11-20-8-7-15-16(17(20)22)13-5-3-4-6-14(13)19(15)2/h3-6,9-10H,7-8,11H2,1-2H3.